The molecule has 0 amide bonds. The molecule has 0 spiro atoms. The minimum absolute atomic E-state index is 0.263. The number of hydrogen-bond donors (Lipinski definition) is 0. The Hall–Kier alpha value is -1.84. The number of hydrogen-bond acceptors (Lipinski definition) is 1. The van der Waals surface area contributed by atoms with E-state index in [1.165, 1.54) is 23.3 Å². The Morgan fingerprint density at radius 1 is 1.00 bits per heavy atom. The molecule has 1 atom stereocenters. The summed E-state index contributed by atoms with van der Waals surface area (Å²) in [6.07, 6.45) is 4.72. The van der Waals surface area contributed by atoms with Crippen LogP contribution in [0.3, 0.4) is 0 Å². The highest BCUT2D eigenvalue weighted by Gasteiger charge is 2.34. The van der Waals surface area contributed by atoms with E-state index in [0.717, 1.165) is 48.8 Å². The number of fused-ring (bicyclic) bond motifs is 1. The van der Waals surface area contributed by atoms with Crippen LogP contribution >= 0.6 is 0 Å². The standard InChI is InChI=1S/C20H20F3N/c1-12-3-2-4-15-18(12)10-24-11-19(15)16-8-7-14(20(21,22)23)9-17(16)13-5-6-13/h7-13H,2-6H2,1H3/t12-/m1/s1. The Balaban J connectivity index is 1.87. The first-order valence-electron chi connectivity index (χ1n) is 8.63. The number of aromatic nitrogens is 1. The maximum absolute atomic E-state index is 13.1. The molecule has 24 heavy (non-hydrogen) atoms. The summed E-state index contributed by atoms with van der Waals surface area (Å²) in [5, 5.41) is 0. The molecule has 1 heterocycles. The summed E-state index contributed by atoms with van der Waals surface area (Å²) in [7, 11) is 0. The molecule has 0 aliphatic heterocycles. The summed E-state index contributed by atoms with van der Waals surface area (Å²) < 4.78 is 39.3. The molecular weight excluding hydrogens is 311 g/mol. The highest BCUT2D eigenvalue weighted by Crippen LogP contribution is 2.47. The van der Waals surface area contributed by atoms with Gasteiger partial charge in [-0.2, -0.15) is 13.2 Å². The van der Waals surface area contributed by atoms with E-state index in [1.807, 2.05) is 12.4 Å². The van der Waals surface area contributed by atoms with Gasteiger partial charge in [-0.1, -0.05) is 13.0 Å². The summed E-state index contributed by atoms with van der Waals surface area (Å²) in [4.78, 5) is 4.39. The van der Waals surface area contributed by atoms with E-state index in [9.17, 15) is 13.2 Å². The summed E-state index contributed by atoms with van der Waals surface area (Å²) in [6.45, 7) is 2.21. The van der Waals surface area contributed by atoms with Gasteiger partial charge >= 0.3 is 6.18 Å². The van der Waals surface area contributed by atoms with Gasteiger partial charge in [-0.25, -0.2) is 0 Å². The third kappa shape index (κ3) is 2.72. The lowest BCUT2D eigenvalue weighted by Gasteiger charge is -2.25. The number of benzene rings is 1. The largest absolute Gasteiger partial charge is 0.416 e. The lowest BCUT2D eigenvalue weighted by Crippen LogP contribution is -2.10. The van der Waals surface area contributed by atoms with Crippen LogP contribution in [0.2, 0.25) is 0 Å². The molecule has 1 aromatic heterocycles. The number of pyridine rings is 1. The van der Waals surface area contributed by atoms with Gasteiger partial charge in [-0.05, 0) is 78.3 Å². The van der Waals surface area contributed by atoms with Gasteiger partial charge in [0.05, 0.1) is 5.56 Å². The van der Waals surface area contributed by atoms with E-state index in [0.29, 0.717) is 5.92 Å². The van der Waals surface area contributed by atoms with Crippen LogP contribution in [0.5, 0.6) is 0 Å². The Bertz CT molecular complexity index is 775. The predicted octanol–water partition coefficient (Wildman–Crippen LogP) is 6.08. The number of alkyl halides is 3. The number of rotatable bonds is 2. The fourth-order valence-electron chi connectivity index (χ4n) is 3.90. The second-order valence-electron chi connectivity index (χ2n) is 7.12. The van der Waals surface area contributed by atoms with E-state index >= 15 is 0 Å². The average Bonchev–Trinajstić information content (AvgIpc) is 3.38. The maximum atomic E-state index is 13.1. The van der Waals surface area contributed by atoms with Crippen molar-refractivity contribution in [3.05, 3.63) is 52.8 Å². The fraction of sp³-hybridized carbons (Fsp3) is 0.450. The van der Waals surface area contributed by atoms with Crippen LogP contribution in [0.1, 0.15) is 66.7 Å². The molecule has 4 rings (SSSR count). The summed E-state index contributed by atoms with van der Waals surface area (Å²) >= 11 is 0. The van der Waals surface area contributed by atoms with Crippen LogP contribution in [-0.4, -0.2) is 4.98 Å². The highest BCUT2D eigenvalue weighted by atomic mass is 19.4. The third-order valence-electron chi connectivity index (χ3n) is 5.37. The molecule has 0 bridgehead atoms. The molecule has 1 fully saturated rings. The van der Waals surface area contributed by atoms with Crippen molar-refractivity contribution in [3.8, 4) is 11.1 Å². The minimum Gasteiger partial charge on any atom is -0.264 e. The molecule has 1 nitrogen and oxygen atoms in total. The molecule has 4 heteroatoms. The molecular formula is C20H20F3N. The van der Waals surface area contributed by atoms with E-state index in [2.05, 4.69) is 11.9 Å². The molecule has 2 aromatic rings. The van der Waals surface area contributed by atoms with Gasteiger partial charge in [0.1, 0.15) is 0 Å². The molecule has 126 valence electrons. The van der Waals surface area contributed by atoms with Crippen LogP contribution in [0, 0.1) is 0 Å². The van der Waals surface area contributed by atoms with Crippen LogP contribution < -0.4 is 0 Å². The lowest BCUT2D eigenvalue weighted by molar-refractivity contribution is -0.137. The number of nitrogens with zero attached hydrogens (tertiary/aromatic N) is 1. The second-order valence-corrected chi connectivity index (χ2v) is 7.12. The van der Waals surface area contributed by atoms with Gasteiger partial charge in [0.25, 0.3) is 0 Å². The molecule has 2 aliphatic rings. The van der Waals surface area contributed by atoms with Gasteiger partial charge < -0.3 is 0 Å². The Morgan fingerprint density at radius 3 is 2.50 bits per heavy atom. The molecule has 2 aliphatic carbocycles. The van der Waals surface area contributed by atoms with Crippen molar-refractivity contribution in [2.45, 2.75) is 57.0 Å². The predicted molar refractivity (Wildman–Crippen MR) is 88.0 cm³/mol. The van der Waals surface area contributed by atoms with Crippen molar-refractivity contribution in [2.75, 3.05) is 0 Å². The van der Waals surface area contributed by atoms with Gasteiger partial charge in [-0.15, -0.1) is 0 Å². The topological polar surface area (TPSA) is 12.9 Å². The zero-order valence-corrected chi connectivity index (χ0v) is 13.7. The van der Waals surface area contributed by atoms with Crippen LogP contribution in [0.4, 0.5) is 13.2 Å². The van der Waals surface area contributed by atoms with Crippen molar-refractivity contribution in [1.82, 2.24) is 4.98 Å². The van der Waals surface area contributed by atoms with Crippen molar-refractivity contribution in [2.24, 2.45) is 0 Å². The van der Waals surface area contributed by atoms with Crippen molar-refractivity contribution < 1.29 is 13.2 Å². The Morgan fingerprint density at radius 2 is 1.79 bits per heavy atom. The molecule has 0 unspecified atom stereocenters. The van der Waals surface area contributed by atoms with Crippen molar-refractivity contribution in [3.63, 3.8) is 0 Å². The first-order valence-corrected chi connectivity index (χ1v) is 8.63. The van der Waals surface area contributed by atoms with Crippen molar-refractivity contribution in [1.29, 1.82) is 0 Å². The summed E-state index contributed by atoms with van der Waals surface area (Å²) in [6, 6.07) is 4.23. The first-order chi connectivity index (χ1) is 11.4. The van der Waals surface area contributed by atoms with E-state index < -0.39 is 11.7 Å². The smallest absolute Gasteiger partial charge is 0.264 e. The van der Waals surface area contributed by atoms with Crippen molar-refractivity contribution >= 4 is 0 Å². The van der Waals surface area contributed by atoms with Gasteiger partial charge in [-0.3, -0.25) is 4.98 Å². The van der Waals surface area contributed by atoms with E-state index in [-0.39, 0.29) is 5.92 Å². The molecule has 0 radical (unpaired) electrons. The Labute approximate surface area is 139 Å². The SMILES string of the molecule is C[C@@H]1CCCc2c(-c3ccc(C(F)(F)F)cc3C3CC3)cncc21. The molecule has 0 saturated heterocycles. The van der Waals surface area contributed by atoms with Gasteiger partial charge in [0.2, 0.25) is 0 Å². The van der Waals surface area contributed by atoms with Crippen LogP contribution in [0.25, 0.3) is 11.1 Å². The second kappa shape index (κ2) is 5.61. The molecule has 1 saturated carbocycles. The quantitative estimate of drug-likeness (QED) is 0.649. The van der Waals surface area contributed by atoms with E-state index in [4.69, 9.17) is 0 Å². The minimum atomic E-state index is -4.29. The Kier molecular flexibility index (Phi) is 3.66. The van der Waals surface area contributed by atoms with Crippen LogP contribution in [0.15, 0.2) is 30.6 Å². The first kappa shape index (κ1) is 15.7. The zero-order chi connectivity index (χ0) is 16.9. The maximum Gasteiger partial charge on any atom is 0.416 e. The third-order valence-corrected chi connectivity index (χ3v) is 5.37. The lowest BCUT2D eigenvalue weighted by atomic mass is 9.81. The average molecular weight is 331 g/mol. The van der Waals surface area contributed by atoms with E-state index in [1.54, 1.807) is 6.07 Å². The normalized spacial score (nSPS) is 20.8. The van der Waals surface area contributed by atoms with Gasteiger partial charge in [0.15, 0.2) is 0 Å². The molecule has 0 N–H and O–H groups in total. The summed E-state index contributed by atoms with van der Waals surface area (Å²) in [5.41, 5.74) is 4.84. The zero-order valence-electron chi connectivity index (χ0n) is 13.7. The summed E-state index contributed by atoms with van der Waals surface area (Å²) in [5.74, 6) is 0.735. The number of halogens is 3. The van der Waals surface area contributed by atoms with Gasteiger partial charge in [0, 0.05) is 18.0 Å². The monoisotopic (exact) mass is 331 g/mol. The van der Waals surface area contributed by atoms with Crippen LogP contribution in [-0.2, 0) is 12.6 Å². The molecule has 1 aromatic carbocycles. The fourth-order valence-corrected chi connectivity index (χ4v) is 3.90. The highest BCUT2D eigenvalue weighted by molar-refractivity contribution is 5.73.